The molecule has 0 aliphatic carbocycles. The van der Waals surface area contributed by atoms with Gasteiger partial charge in [0.25, 0.3) is 0 Å². The number of hydrogen-bond acceptors (Lipinski definition) is 5. The Bertz CT molecular complexity index is 360. The fraction of sp³-hybridized carbons (Fsp3) is 0.375. The molecule has 1 aromatic heterocycles. The average Bonchev–Trinajstić information content (AvgIpc) is 2.64. The molecular formula is C8H9N2O4Tl. The first-order valence-electron chi connectivity index (χ1n) is 4.04. The summed E-state index contributed by atoms with van der Waals surface area (Å²) in [6.45, 7) is 0. The van der Waals surface area contributed by atoms with Crippen LogP contribution in [0.25, 0.3) is 0 Å². The summed E-state index contributed by atoms with van der Waals surface area (Å²) in [6.07, 6.45) is 3.21. The van der Waals surface area contributed by atoms with E-state index in [-0.39, 0.29) is 0 Å². The molecule has 1 aromatic rings. The number of rotatable bonds is 3. The van der Waals surface area contributed by atoms with E-state index in [1.54, 1.807) is 14.9 Å². The number of aromatic nitrogens is 2. The Morgan fingerprint density at radius 2 is 1.93 bits per heavy atom. The molecule has 7 heteroatoms. The summed E-state index contributed by atoms with van der Waals surface area (Å²) in [6, 6.07) is 0. The molecule has 0 fully saturated rings. The summed E-state index contributed by atoms with van der Waals surface area (Å²) in [5.41, 5.74) is 0.358. The van der Waals surface area contributed by atoms with Crippen LogP contribution in [0.2, 0.25) is 0 Å². The molecule has 78 valence electrons. The number of imidazole rings is 1. The van der Waals surface area contributed by atoms with Crippen LogP contribution in [0.3, 0.4) is 0 Å². The van der Waals surface area contributed by atoms with Crippen LogP contribution in [0.1, 0.15) is 11.6 Å². The Hall–Kier alpha value is -0.928. The maximum absolute atomic E-state index is 11.4. The average molecular weight is 402 g/mol. The van der Waals surface area contributed by atoms with Gasteiger partial charge in [-0.25, -0.2) is 0 Å². The van der Waals surface area contributed by atoms with Crippen molar-refractivity contribution < 1.29 is 19.1 Å². The number of methoxy groups -OCH3 is 2. The molecule has 0 aliphatic rings. The minimum absolute atomic E-state index is 0.358. The molecule has 0 aliphatic heterocycles. The van der Waals surface area contributed by atoms with Crippen LogP contribution in [0.5, 0.6) is 0 Å². The van der Waals surface area contributed by atoms with Gasteiger partial charge in [-0.1, -0.05) is 0 Å². The van der Waals surface area contributed by atoms with Crippen molar-refractivity contribution in [3.05, 3.63) is 18.2 Å². The van der Waals surface area contributed by atoms with Crippen molar-refractivity contribution in [3.63, 3.8) is 0 Å². The Balaban J connectivity index is 3.01. The predicted molar refractivity (Wildman–Crippen MR) is 50.2 cm³/mol. The monoisotopic (exact) mass is 402 g/mol. The van der Waals surface area contributed by atoms with Gasteiger partial charge in [0, 0.05) is 0 Å². The Morgan fingerprint density at radius 3 is 2.27 bits per heavy atom. The van der Waals surface area contributed by atoms with Crippen LogP contribution < -0.4 is 0 Å². The van der Waals surface area contributed by atoms with E-state index in [0.29, 0.717) is 31.8 Å². The van der Waals surface area contributed by atoms with E-state index in [0.717, 1.165) is 0 Å². The van der Waals surface area contributed by atoms with Gasteiger partial charge in [-0.05, 0) is 0 Å². The van der Waals surface area contributed by atoms with Crippen molar-refractivity contribution in [1.82, 2.24) is 7.36 Å². The molecule has 6 nitrogen and oxygen atoms in total. The van der Waals surface area contributed by atoms with Crippen LogP contribution in [-0.4, -0.2) is 59.6 Å². The topological polar surface area (TPSA) is 70.4 Å². The maximum atomic E-state index is 11.4. The second-order valence-electron chi connectivity index (χ2n) is 2.73. The zero-order valence-electron chi connectivity index (χ0n) is 8.34. The van der Waals surface area contributed by atoms with Gasteiger partial charge in [-0.15, -0.1) is 0 Å². The van der Waals surface area contributed by atoms with E-state index < -0.39 is 17.9 Å². The van der Waals surface area contributed by atoms with Crippen LogP contribution in [0.15, 0.2) is 12.5 Å². The van der Waals surface area contributed by atoms with Crippen molar-refractivity contribution >= 4 is 38.0 Å². The van der Waals surface area contributed by atoms with Gasteiger partial charge in [0.1, 0.15) is 0 Å². The van der Waals surface area contributed by atoms with E-state index in [2.05, 4.69) is 14.5 Å². The van der Waals surface area contributed by atoms with Gasteiger partial charge >= 0.3 is 103 Å². The van der Waals surface area contributed by atoms with Gasteiger partial charge in [0.2, 0.25) is 0 Å². The molecule has 0 atom stereocenters. The second kappa shape index (κ2) is 5.24. The minimum atomic E-state index is -1.08. The van der Waals surface area contributed by atoms with Gasteiger partial charge in [0.05, 0.1) is 0 Å². The zero-order valence-corrected chi connectivity index (χ0v) is 12.8. The number of hydrogen-bond donors (Lipinski definition) is 0. The quantitative estimate of drug-likeness (QED) is 0.379. The summed E-state index contributed by atoms with van der Waals surface area (Å²) in [5, 5.41) is 0. The molecule has 0 saturated carbocycles. The summed E-state index contributed by atoms with van der Waals surface area (Å²) in [7, 11) is 2.44. The summed E-state index contributed by atoms with van der Waals surface area (Å²) < 4.78 is 10.8. The molecular weight excluding hydrogens is 392 g/mol. The van der Waals surface area contributed by atoms with Gasteiger partial charge in [0.15, 0.2) is 0 Å². The third-order valence-corrected chi connectivity index (χ3v) is 2.89. The SMILES string of the molecule is COC(=O)C(C(=O)OC)c1c[n]([Tl])cn1. The summed E-state index contributed by atoms with van der Waals surface area (Å²) >= 11 is 0.534. The molecule has 0 spiro atoms. The predicted octanol–water partition coefficient (Wildman–Crippen LogP) is -0.756. The summed E-state index contributed by atoms with van der Waals surface area (Å²) in [4.78, 5) is 26.7. The van der Waals surface area contributed by atoms with Crippen molar-refractivity contribution in [2.75, 3.05) is 14.2 Å². The molecule has 0 amide bonds. The van der Waals surface area contributed by atoms with Crippen molar-refractivity contribution in [3.8, 4) is 0 Å². The first-order chi connectivity index (χ1) is 7.10. The van der Waals surface area contributed by atoms with Crippen LogP contribution in [0.4, 0.5) is 0 Å². The molecule has 0 saturated heterocycles. The van der Waals surface area contributed by atoms with E-state index in [4.69, 9.17) is 0 Å². The van der Waals surface area contributed by atoms with Crippen molar-refractivity contribution in [2.45, 2.75) is 5.92 Å². The van der Waals surface area contributed by atoms with E-state index in [9.17, 15) is 9.59 Å². The third kappa shape index (κ3) is 2.77. The first-order valence-corrected chi connectivity index (χ1v) is 6.05. The molecule has 0 radical (unpaired) electrons. The van der Waals surface area contributed by atoms with Crippen LogP contribution in [0, 0.1) is 0 Å². The standard InChI is InChI=1S/C8H9N2O4.Tl/c1-13-7(11)6(8(12)14-2)5-3-9-4-10-5;/h3-4,6H,1-2H3;/q-1;+1. The molecule has 1 heterocycles. The molecule has 0 bridgehead atoms. The number of esters is 2. The number of nitrogens with zero attached hydrogens (tertiary/aromatic N) is 2. The van der Waals surface area contributed by atoms with Crippen molar-refractivity contribution in [2.24, 2.45) is 0 Å². The van der Waals surface area contributed by atoms with Crippen LogP contribution in [-0.2, 0) is 19.1 Å². The fourth-order valence-corrected chi connectivity index (χ4v) is 1.93. The van der Waals surface area contributed by atoms with Crippen LogP contribution >= 0.6 is 0 Å². The Labute approximate surface area is 103 Å². The van der Waals surface area contributed by atoms with Crippen molar-refractivity contribution in [1.29, 1.82) is 0 Å². The van der Waals surface area contributed by atoms with E-state index in [1.165, 1.54) is 14.2 Å². The van der Waals surface area contributed by atoms with E-state index in [1.807, 2.05) is 0 Å². The molecule has 0 aromatic carbocycles. The molecule has 0 unspecified atom stereocenters. The number of ether oxygens (including phenoxy) is 2. The molecule has 15 heavy (non-hydrogen) atoms. The zero-order chi connectivity index (χ0) is 11.4. The van der Waals surface area contributed by atoms with Gasteiger partial charge < -0.3 is 0 Å². The van der Waals surface area contributed by atoms with Gasteiger partial charge in [-0.3, -0.25) is 0 Å². The fourth-order valence-electron chi connectivity index (χ4n) is 1.08. The third-order valence-electron chi connectivity index (χ3n) is 1.79. The Kier molecular flexibility index (Phi) is 4.24. The molecule has 0 N–H and O–H groups in total. The van der Waals surface area contributed by atoms with Gasteiger partial charge in [-0.2, -0.15) is 0 Å². The normalized spacial score (nSPS) is 10.0. The molecule has 1 rings (SSSR count). The number of carbonyl (C=O) groups is 2. The Morgan fingerprint density at radius 1 is 1.40 bits per heavy atom. The number of carbonyl (C=O) groups excluding carboxylic acids is 2. The summed E-state index contributed by atoms with van der Waals surface area (Å²) in [5.74, 6) is -2.41. The first kappa shape index (κ1) is 12.1. The second-order valence-corrected chi connectivity index (χ2v) is 5.04. The van der Waals surface area contributed by atoms with E-state index >= 15 is 0 Å².